The Kier molecular flexibility index (Phi) is 5.12. The lowest BCUT2D eigenvalue weighted by atomic mass is 9.79. The second kappa shape index (κ2) is 6.65. The molecule has 0 spiro atoms. The van der Waals surface area contributed by atoms with Gasteiger partial charge in [0, 0.05) is 37.9 Å². The molecule has 20 heavy (non-hydrogen) atoms. The average molecular weight is 297 g/mol. The molecule has 0 atom stereocenters. The molecule has 0 aromatic carbocycles. The Morgan fingerprint density at radius 2 is 2.25 bits per heavy atom. The summed E-state index contributed by atoms with van der Waals surface area (Å²) in [5.74, 6) is 0.122. The van der Waals surface area contributed by atoms with Gasteiger partial charge >= 0.3 is 0 Å². The highest BCUT2D eigenvalue weighted by Gasteiger charge is 2.40. The Labute approximate surface area is 124 Å². The van der Waals surface area contributed by atoms with Crippen molar-refractivity contribution in [2.45, 2.75) is 32.7 Å². The van der Waals surface area contributed by atoms with Gasteiger partial charge in [0.05, 0.1) is 12.0 Å². The summed E-state index contributed by atoms with van der Waals surface area (Å²) in [5.41, 5.74) is 5.43. The number of carbonyl (C=O) groups excluding carboxylic acids is 1. The van der Waals surface area contributed by atoms with Gasteiger partial charge in [-0.2, -0.15) is 0 Å². The van der Waals surface area contributed by atoms with Crippen molar-refractivity contribution in [3.63, 3.8) is 0 Å². The maximum Gasteiger partial charge on any atom is 0.230 e. The number of amides is 1. The number of ether oxygens (including phenoxy) is 1. The summed E-state index contributed by atoms with van der Waals surface area (Å²) in [6.07, 6.45) is 4.31. The maximum atomic E-state index is 12.7. The van der Waals surface area contributed by atoms with E-state index in [9.17, 15) is 4.79 Å². The first-order chi connectivity index (χ1) is 9.61. The maximum absolute atomic E-state index is 12.7. The molecule has 6 heteroatoms. The average Bonchev–Trinajstić information content (AvgIpc) is 2.94. The third-order valence-corrected chi connectivity index (χ3v) is 5.09. The van der Waals surface area contributed by atoms with Crippen LogP contribution >= 0.6 is 11.3 Å². The van der Waals surface area contributed by atoms with Crippen molar-refractivity contribution in [3.8, 4) is 0 Å². The number of carbonyl (C=O) groups is 1. The second-order valence-electron chi connectivity index (χ2n) is 5.33. The van der Waals surface area contributed by atoms with Crippen LogP contribution in [0, 0.1) is 5.41 Å². The van der Waals surface area contributed by atoms with Gasteiger partial charge in [0.1, 0.15) is 5.01 Å². The summed E-state index contributed by atoms with van der Waals surface area (Å²) in [4.78, 5) is 20.1. The van der Waals surface area contributed by atoms with Crippen LogP contribution in [-0.4, -0.2) is 42.6 Å². The number of aromatic nitrogens is 1. The molecule has 1 aromatic heterocycles. The zero-order valence-corrected chi connectivity index (χ0v) is 13.0. The Balaban J connectivity index is 2.03. The van der Waals surface area contributed by atoms with Crippen molar-refractivity contribution in [3.05, 3.63) is 16.1 Å². The number of nitrogens with two attached hydrogens (primary N) is 1. The molecule has 0 unspecified atom stereocenters. The molecule has 1 aliphatic rings. The highest BCUT2D eigenvalue weighted by Crippen LogP contribution is 2.32. The lowest BCUT2D eigenvalue weighted by Gasteiger charge is -2.37. The van der Waals surface area contributed by atoms with Gasteiger partial charge in [0.2, 0.25) is 5.91 Å². The monoisotopic (exact) mass is 297 g/mol. The van der Waals surface area contributed by atoms with E-state index in [-0.39, 0.29) is 5.91 Å². The summed E-state index contributed by atoms with van der Waals surface area (Å²) >= 11 is 1.67. The van der Waals surface area contributed by atoms with Crippen molar-refractivity contribution in [1.82, 2.24) is 9.88 Å². The van der Waals surface area contributed by atoms with Gasteiger partial charge in [0.15, 0.2) is 0 Å². The topological polar surface area (TPSA) is 68.5 Å². The fraction of sp³-hybridized carbons (Fsp3) is 0.714. The molecule has 2 heterocycles. The minimum absolute atomic E-state index is 0.122. The van der Waals surface area contributed by atoms with Crippen LogP contribution in [0.5, 0.6) is 0 Å². The molecule has 5 nitrogen and oxygen atoms in total. The molecule has 1 aromatic rings. The lowest BCUT2D eigenvalue weighted by molar-refractivity contribution is -0.146. The minimum atomic E-state index is -0.447. The van der Waals surface area contributed by atoms with E-state index in [1.165, 1.54) is 4.88 Å². The number of hydrogen-bond acceptors (Lipinski definition) is 5. The summed E-state index contributed by atoms with van der Waals surface area (Å²) in [5, 5.41) is 0.983. The van der Waals surface area contributed by atoms with Crippen LogP contribution in [-0.2, 0) is 22.5 Å². The van der Waals surface area contributed by atoms with E-state index in [4.69, 9.17) is 10.5 Å². The fourth-order valence-electron chi connectivity index (χ4n) is 2.53. The van der Waals surface area contributed by atoms with Crippen LogP contribution in [0.25, 0.3) is 0 Å². The number of thiazole rings is 1. The first-order valence-electron chi connectivity index (χ1n) is 7.08. The van der Waals surface area contributed by atoms with Gasteiger partial charge in [-0.15, -0.1) is 11.3 Å². The van der Waals surface area contributed by atoms with E-state index in [0.29, 0.717) is 39.1 Å². The molecule has 1 saturated heterocycles. The third-order valence-electron chi connectivity index (χ3n) is 3.96. The van der Waals surface area contributed by atoms with E-state index in [1.807, 2.05) is 13.2 Å². The Morgan fingerprint density at radius 3 is 2.80 bits per heavy atom. The normalized spacial score (nSPS) is 17.9. The summed E-state index contributed by atoms with van der Waals surface area (Å²) in [6.45, 7) is 4.29. The van der Waals surface area contributed by atoms with E-state index in [1.54, 1.807) is 16.2 Å². The minimum Gasteiger partial charge on any atom is -0.381 e. The Bertz CT molecular complexity index is 455. The highest BCUT2D eigenvalue weighted by atomic mass is 32.1. The smallest absolute Gasteiger partial charge is 0.230 e. The third kappa shape index (κ3) is 3.19. The predicted octanol–water partition coefficient (Wildman–Crippen LogP) is 1.42. The molecule has 1 aliphatic heterocycles. The number of aryl methyl sites for hydroxylation is 1. The van der Waals surface area contributed by atoms with E-state index < -0.39 is 5.41 Å². The molecular weight excluding hydrogens is 274 g/mol. The van der Waals surface area contributed by atoms with Gasteiger partial charge < -0.3 is 15.4 Å². The van der Waals surface area contributed by atoms with Crippen LogP contribution < -0.4 is 5.73 Å². The molecular formula is C14H23N3O2S. The molecule has 0 aliphatic carbocycles. The van der Waals surface area contributed by atoms with E-state index >= 15 is 0 Å². The van der Waals surface area contributed by atoms with Gasteiger partial charge in [-0.1, -0.05) is 6.92 Å². The summed E-state index contributed by atoms with van der Waals surface area (Å²) < 4.78 is 5.36. The standard InChI is InChI=1S/C14H23N3O2S/c1-3-11-8-16-12(20-11)9-17(2)13(18)14(10-15)4-6-19-7-5-14/h8H,3-7,9-10,15H2,1-2H3. The molecule has 1 amide bonds. The van der Waals surface area contributed by atoms with Crippen LogP contribution in [0.1, 0.15) is 29.7 Å². The molecule has 0 saturated carbocycles. The number of rotatable bonds is 5. The molecule has 0 radical (unpaired) electrons. The Morgan fingerprint density at radius 1 is 1.55 bits per heavy atom. The molecule has 2 rings (SSSR count). The summed E-state index contributed by atoms with van der Waals surface area (Å²) in [6, 6.07) is 0. The van der Waals surface area contributed by atoms with Crippen LogP contribution in [0.2, 0.25) is 0 Å². The van der Waals surface area contributed by atoms with Crippen molar-refractivity contribution in [2.75, 3.05) is 26.8 Å². The first kappa shape index (κ1) is 15.4. The van der Waals surface area contributed by atoms with Crippen LogP contribution in [0.4, 0.5) is 0 Å². The number of nitrogens with zero attached hydrogens (tertiary/aromatic N) is 2. The predicted molar refractivity (Wildman–Crippen MR) is 79.5 cm³/mol. The van der Waals surface area contributed by atoms with Crippen LogP contribution in [0.3, 0.4) is 0 Å². The molecule has 1 fully saturated rings. The molecule has 2 N–H and O–H groups in total. The van der Waals surface area contributed by atoms with Crippen molar-refractivity contribution < 1.29 is 9.53 Å². The SMILES string of the molecule is CCc1cnc(CN(C)C(=O)C2(CN)CCOCC2)s1. The molecule has 112 valence electrons. The van der Waals surface area contributed by atoms with E-state index in [0.717, 1.165) is 11.4 Å². The van der Waals surface area contributed by atoms with Gasteiger partial charge in [-0.25, -0.2) is 4.98 Å². The molecule has 0 bridgehead atoms. The summed E-state index contributed by atoms with van der Waals surface area (Å²) in [7, 11) is 1.84. The zero-order chi connectivity index (χ0) is 14.6. The van der Waals surface area contributed by atoms with E-state index in [2.05, 4.69) is 11.9 Å². The van der Waals surface area contributed by atoms with Crippen molar-refractivity contribution in [1.29, 1.82) is 0 Å². The Hall–Kier alpha value is -0.980. The fourth-order valence-corrected chi connectivity index (χ4v) is 3.45. The van der Waals surface area contributed by atoms with Gasteiger partial charge in [-0.3, -0.25) is 4.79 Å². The zero-order valence-electron chi connectivity index (χ0n) is 12.2. The highest BCUT2D eigenvalue weighted by molar-refractivity contribution is 7.11. The van der Waals surface area contributed by atoms with Gasteiger partial charge in [-0.05, 0) is 19.3 Å². The van der Waals surface area contributed by atoms with Crippen molar-refractivity contribution in [2.24, 2.45) is 11.1 Å². The van der Waals surface area contributed by atoms with Crippen LogP contribution in [0.15, 0.2) is 6.20 Å². The van der Waals surface area contributed by atoms with Crippen molar-refractivity contribution >= 4 is 17.2 Å². The first-order valence-corrected chi connectivity index (χ1v) is 7.90. The largest absolute Gasteiger partial charge is 0.381 e. The lowest BCUT2D eigenvalue weighted by Crippen LogP contribution is -2.49. The number of hydrogen-bond donors (Lipinski definition) is 1. The second-order valence-corrected chi connectivity index (χ2v) is 6.53. The quantitative estimate of drug-likeness (QED) is 0.892. The van der Waals surface area contributed by atoms with Gasteiger partial charge in [0.25, 0.3) is 0 Å².